The summed E-state index contributed by atoms with van der Waals surface area (Å²) < 4.78 is 26.3. The second-order valence-corrected chi connectivity index (χ2v) is 4.26. The molecule has 0 fully saturated rings. The van der Waals surface area contributed by atoms with Crippen LogP contribution in [0.25, 0.3) is 0 Å². The summed E-state index contributed by atoms with van der Waals surface area (Å²) in [6.45, 7) is 0. The zero-order valence-corrected chi connectivity index (χ0v) is 10.9. The van der Waals surface area contributed by atoms with E-state index >= 15 is 0 Å². The maximum Gasteiger partial charge on any atom is 0.274 e. The Kier molecular flexibility index (Phi) is 4.08. The maximum absolute atomic E-state index is 13.2. The second-order valence-electron chi connectivity index (χ2n) is 3.90. The Morgan fingerprint density at radius 2 is 1.95 bits per heavy atom. The lowest BCUT2D eigenvalue weighted by Crippen LogP contribution is -2.13. The van der Waals surface area contributed by atoms with Crippen molar-refractivity contribution in [3.8, 4) is 0 Å². The Labute approximate surface area is 121 Å². The van der Waals surface area contributed by atoms with Crippen molar-refractivity contribution in [3.05, 3.63) is 62.9 Å². The molecule has 0 aliphatic heterocycles. The van der Waals surface area contributed by atoms with Crippen LogP contribution in [0.1, 0.15) is 10.4 Å². The van der Waals surface area contributed by atoms with Gasteiger partial charge in [0.25, 0.3) is 11.6 Å². The number of nitrogens with zero attached hydrogens (tertiary/aromatic N) is 2. The standard InChI is InChI=1S/C12H6ClF2N3O3/c13-11-10(3-7(15)5-16-11)12(19)17-8-1-6(14)2-9(4-8)18(20)21/h1-5H,(H,17,19). The highest BCUT2D eigenvalue weighted by Crippen LogP contribution is 2.22. The van der Waals surface area contributed by atoms with E-state index in [0.717, 1.165) is 24.4 Å². The highest BCUT2D eigenvalue weighted by atomic mass is 35.5. The average molecular weight is 314 g/mol. The van der Waals surface area contributed by atoms with E-state index in [2.05, 4.69) is 10.3 Å². The minimum Gasteiger partial charge on any atom is -0.322 e. The van der Waals surface area contributed by atoms with Gasteiger partial charge in [0, 0.05) is 6.07 Å². The van der Waals surface area contributed by atoms with E-state index in [4.69, 9.17) is 11.6 Å². The van der Waals surface area contributed by atoms with E-state index in [1.54, 1.807) is 0 Å². The third kappa shape index (κ3) is 3.48. The van der Waals surface area contributed by atoms with Gasteiger partial charge < -0.3 is 5.32 Å². The summed E-state index contributed by atoms with van der Waals surface area (Å²) in [5.74, 6) is -2.55. The number of nitro benzene ring substituents is 1. The van der Waals surface area contributed by atoms with Crippen molar-refractivity contribution in [1.29, 1.82) is 0 Å². The minimum absolute atomic E-state index is 0.160. The topological polar surface area (TPSA) is 85.1 Å². The van der Waals surface area contributed by atoms with Gasteiger partial charge in [-0.05, 0) is 12.1 Å². The molecule has 6 nitrogen and oxygen atoms in total. The zero-order valence-electron chi connectivity index (χ0n) is 10.1. The molecule has 1 aromatic heterocycles. The van der Waals surface area contributed by atoms with Crippen molar-refractivity contribution in [2.24, 2.45) is 0 Å². The number of non-ortho nitro benzene ring substituents is 1. The van der Waals surface area contributed by atoms with Gasteiger partial charge in [-0.1, -0.05) is 11.6 Å². The number of benzene rings is 1. The average Bonchev–Trinajstić information content (AvgIpc) is 2.40. The SMILES string of the molecule is O=C(Nc1cc(F)cc([N+](=O)[O-])c1)c1cc(F)cnc1Cl. The van der Waals surface area contributed by atoms with Gasteiger partial charge in [0.05, 0.1) is 28.4 Å². The van der Waals surface area contributed by atoms with Crippen molar-refractivity contribution >= 4 is 28.9 Å². The highest BCUT2D eigenvalue weighted by molar-refractivity contribution is 6.33. The number of hydrogen-bond acceptors (Lipinski definition) is 4. The monoisotopic (exact) mass is 313 g/mol. The fraction of sp³-hybridized carbons (Fsp3) is 0. The van der Waals surface area contributed by atoms with E-state index in [0.29, 0.717) is 6.07 Å². The molecule has 1 N–H and O–H groups in total. The molecule has 0 saturated heterocycles. The Morgan fingerprint density at radius 3 is 2.62 bits per heavy atom. The lowest BCUT2D eigenvalue weighted by molar-refractivity contribution is -0.385. The molecule has 0 bridgehead atoms. The van der Waals surface area contributed by atoms with E-state index in [9.17, 15) is 23.7 Å². The molecule has 0 saturated carbocycles. The lowest BCUT2D eigenvalue weighted by Gasteiger charge is -2.06. The van der Waals surface area contributed by atoms with Crippen molar-refractivity contribution in [2.45, 2.75) is 0 Å². The van der Waals surface area contributed by atoms with Gasteiger partial charge in [0.15, 0.2) is 0 Å². The van der Waals surface area contributed by atoms with Crippen LogP contribution in [0.5, 0.6) is 0 Å². The van der Waals surface area contributed by atoms with Crippen LogP contribution in [-0.4, -0.2) is 15.8 Å². The van der Waals surface area contributed by atoms with Crippen LogP contribution in [0.3, 0.4) is 0 Å². The van der Waals surface area contributed by atoms with E-state index in [1.807, 2.05) is 0 Å². The van der Waals surface area contributed by atoms with Crippen LogP contribution >= 0.6 is 11.6 Å². The number of nitro groups is 1. The second kappa shape index (κ2) is 5.80. The lowest BCUT2D eigenvalue weighted by atomic mass is 10.2. The fourth-order valence-electron chi connectivity index (χ4n) is 1.53. The molecule has 0 atom stereocenters. The molecule has 1 amide bonds. The molecule has 108 valence electrons. The number of amides is 1. The molecule has 0 radical (unpaired) electrons. The molecule has 2 aromatic rings. The van der Waals surface area contributed by atoms with Crippen LogP contribution in [0.15, 0.2) is 30.5 Å². The molecule has 9 heteroatoms. The number of carbonyl (C=O) groups is 1. The van der Waals surface area contributed by atoms with E-state index < -0.39 is 28.2 Å². The van der Waals surface area contributed by atoms with Gasteiger partial charge in [-0.15, -0.1) is 0 Å². The first-order valence-corrected chi connectivity index (χ1v) is 5.82. The number of aromatic nitrogens is 1. The zero-order chi connectivity index (χ0) is 15.6. The number of rotatable bonds is 3. The number of hydrogen-bond donors (Lipinski definition) is 1. The molecule has 2 rings (SSSR count). The molecule has 21 heavy (non-hydrogen) atoms. The van der Waals surface area contributed by atoms with E-state index in [1.165, 1.54) is 0 Å². The maximum atomic E-state index is 13.2. The number of carbonyl (C=O) groups excluding carboxylic acids is 1. The fourth-order valence-corrected chi connectivity index (χ4v) is 1.72. The molecule has 0 unspecified atom stereocenters. The van der Waals surface area contributed by atoms with Crippen molar-refractivity contribution in [3.63, 3.8) is 0 Å². The van der Waals surface area contributed by atoms with Crippen LogP contribution in [0.2, 0.25) is 5.15 Å². The summed E-state index contributed by atoms with van der Waals surface area (Å²) in [5, 5.41) is 12.5. The van der Waals surface area contributed by atoms with Crippen LogP contribution in [0.4, 0.5) is 20.2 Å². The van der Waals surface area contributed by atoms with Crippen LogP contribution < -0.4 is 5.32 Å². The summed E-state index contributed by atoms with van der Waals surface area (Å²) in [5.41, 5.74) is -0.968. The summed E-state index contributed by atoms with van der Waals surface area (Å²) in [4.78, 5) is 25.1. The summed E-state index contributed by atoms with van der Waals surface area (Å²) >= 11 is 5.65. The molecule has 1 heterocycles. The number of pyridine rings is 1. The van der Waals surface area contributed by atoms with Gasteiger partial charge in [0.1, 0.15) is 16.8 Å². The third-order valence-electron chi connectivity index (χ3n) is 2.40. The van der Waals surface area contributed by atoms with Crippen molar-refractivity contribution in [2.75, 3.05) is 5.32 Å². The third-order valence-corrected chi connectivity index (χ3v) is 2.70. The van der Waals surface area contributed by atoms with Crippen LogP contribution in [-0.2, 0) is 0 Å². The Bertz CT molecular complexity index is 740. The molecule has 1 aromatic carbocycles. The molecule has 0 aliphatic carbocycles. The smallest absolute Gasteiger partial charge is 0.274 e. The molecular formula is C12H6ClF2N3O3. The normalized spacial score (nSPS) is 10.2. The Morgan fingerprint density at radius 1 is 1.24 bits per heavy atom. The molecule has 0 aliphatic rings. The quantitative estimate of drug-likeness (QED) is 0.536. The first-order valence-electron chi connectivity index (χ1n) is 5.44. The van der Waals surface area contributed by atoms with Gasteiger partial charge in [-0.2, -0.15) is 0 Å². The summed E-state index contributed by atoms with van der Waals surface area (Å²) in [7, 11) is 0. The van der Waals surface area contributed by atoms with Gasteiger partial charge in [-0.25, -0.2) is 13.8 Å². The van der Waals surface area contributed by atoms with Gasteiger partial charge >= 0.3 is 0 Å². The molecular weight excluding hydrogens is 308 g/mol. The summed E-state index contributed by atoms with van der Waals surface area (Å²) in [6.07, 6.45) is 0.826. The van der Waals surface area contributed by atoms with E-state index in [-0.39, 0.29) is 16.4 Å². The first-order chi connectivity index (χ1) is 9.86. The largest absolute Gasteiger partial charge is 0.322 e. The number of anilines is 1. The highest BCUT2D eigenvalue weighted by Gasteiger charge is 2.16. The Balaban J connectivity index is 2.31. The number of halogens is 3. The van der Waals surface area contributed by atoms with Crippen molar-refractivity contribution < 1.29 is 18.5 Å². The Hall–Kier alpha value is -2.61. The molecule has 0 spiro atoms. The van der Waals surface area contributed by atoms with Crippen LogP contribution in [0, 0.1) is 21.7 Å². The first kappa shape index (κ1) is 14.8. The van der Waals surface area contributed by atoms with Crippen molar-refractivity contribution in [1.82, 2.24) is 4.98 Å². The van der Waals surface area contributed by atoms with Gasteiger partial charge in [-0.3, -0.25) is 14.9 Å². The summed E-state index contributed by atoms with van der Waals surface area (Å²) in [6, 6.07) is 3.39. The predicted molar refractivity (Wildman–Crippen MR) is 70.2 cm³/mol. The number of nitrogens with one attached hydrogen (secondary N) is 1. The predicted octanol–water partition coefficient (Wildman–Crippen LogP) is 3.17. The minimum atomic E-state index is -0.900. The van der Waals surface area contributed by atoms with Gasteiger partial charge in [0.2, 0.25) is 0 Å².